The van der Waals surface area contributed by atoms with Crippen LogP contribution in [0.4, 0.5) is 0 Å². The summed E-state index contributed by atoms with van der Waals surface area (Å²) in [7, 11) is 0. The van der Waals surface area contributed by atoms with Crippen LogP contribution in [0.3, 0.4) is 0 Å². The molecule has 1 aliphatic rings. The van der Waals surface area contributed by atoms with Gasteiger partial charge in [0.05, 0.1) is 17.6 Å². The summed E-state index contributed by atoms with van der Waals surface area (Å²) in [6, 6.07) is -0.486. The van der Waals surface area contributed by atoms with Gasteiger partial charge in [0.25, 0.3) is 0 Å². The lowest BCUT2D eigenvalue weighted by atomic mass is 9.98. The minimum absolute atomic E-state index is 0.486. The lowest BCUT2D eigenvalue weighted by Gasteiger charge is -2.29. The second-order valence-electron chi connectivity index (χ2n) is 3.75. The number of hydrogen-bond acceptors (Lipinski definition) is 6. The van der Waals surface area contributed by atoms with E-state index in [2.05, 4.69) is 0 Å². The smallest absolute Gasteiger partial charge is 0.150 e. The van der Waals surface area contributed by atoms with Crippen molar-refractivity contribution < 1.29 is 20.3 Å². The number of aliphatic carboxylic acids is 1. The highest BCUT2D eigenvalue weighted by atomic mass is 16.6. The van der Waals surface area contributed by atoms with Gasteiger partial charge in [0.15, 0.2) is 6.17 Å². The molecule has 6 heteroatoms. The van der Waals surface area contributed by atoms with Gasteiger partial charge in [0.2, 0.25) is 0 Å². The van der Waals surface area contributed by atoms with E-state index in [0.717, 1.165) is 0 Å². The molecule has 0 aliphatic carbocycles. The quantitative estimate of drug-likeness (QED) is 0.529. The number of carboxylic acids is 1. The van der Waals surface area contributed by atoms with Crippen molar-refractivity contribution in [1.82, 2.24) is 10.1 Å². The van der Waals surface area contributed by atoms with Crippen molar-refractivity contribution in [2.24, 2.45) is 0 Å². The lowest BCUT2D eigenvalue weighted by molar-refractivity contribution is -0.335. The van der Waals surface area contributed by atoms with Gasteiger partial charge >= 0.3 is 0 Å². The van der Waals surface area contributed by atoms with Gasteiger partial charge in [0, 0.05) is 0 Å². The zero-order chi connectivity index (χ0) is 10.4. The van der Waals surface area contributed by atoms with E-state index in [-0.39, 0.29) is 0 Å². The molecule has 0 aromatic heterocycles. The molecule has 0 aromatic carbocycles. The van der Waals surface area contributed by atoms with E-state index in [1.807, 2.05) is 0 Å². The van der Waals surface area contributed by atoms with E-state index in [4.69, 9.17) is 0 Å². The Labute approximate surface area is 75.9 Å². The summed E-state index contributed by atoms with van der Waals surface area (Å²) in [5.74, 6) is -1.53. The van der Waals surface area contributed by atoms with Gasteiger partial charge in [-0.3, -0.25) is 0 Å². The molecule has 0 bridgehead atoms. The van der Waals surface area contributed by atoms with Gasteiger partial charge in [-0.15, -0.1) is 0 Å². The summed E-state index contributed by atoms with van der Waals surface area (Å²) >= 11 is 0. The Hall–Kier alpha value is -0.690. The Morgan fingerprint density at radius 1 is 1.46 bits per heavy atom. The van der Waals surface area contributed by atoms with Gasteiger partial charge in [-0.05, 0) is 20.8 Å². The Kier molecular flexibility index (Phi) is 2.33. The predicted molar refractivity (Wildman–Crippen MR) is 39.6 cm³/mol. The minimum Gasteiger partial charge on any atom is -0.547 e. The first kappa shape index (κ1) is 10.4. The molecular formula is C7H13N2O4-. The summed E-state index contributed by atoms with van der Waals surface area (Å²) in [6.07, 6.45) is -1.50. The van der Waals surface area contributed by atoms with Crippen molar-refractivity contribution >= 4 is 5.97 Å². The predicted octanol–water partition coefficient (Wildman–Crippen LogP) is -1.37. The highest BCUT2D eigenvalue weighted by Gasteiger charge is 2.50. The Balaban J connectivity index is 2.98. The summed E-state index contributed by atoms with van der Waals surface area (Å²) in [4.78, 5) is 10.5. The van der Waals surface area contributed by atoms with Gasteiger partial charge in [-0.25, -0.2) is 0 Å². The standard InChI is InChI=1S/C7H14N2O4/c1-4-7(2,3)9(13)5(6(10)11)8(4)12/h4-5,12-13H,1-3H3,(H,10,11)/p-1/t4-,5-/m1/s1. The van der Waals surface area contributed by atoms with Crippen LogP contribution in [0, 0.1) is 0 Å². The fourth-order valence-corrected chi connectivity index (χ4v) is 1.36. The number of rotatable bonds is 1. The van der Waals surface area contributed by atoms with Crippen LogP contribution in [-0.2, 0) is 4.79 Å². The van der Waals surface area contributed by atoms with Crippen molar-refractivity contribution in [1.29, 1.82) is 0 Å². The summed E-state index contributed by atoms with van der Waals surface area (Å²) in [6.45, 7) is 4.87. The SMILES string of the molecule is C[C@H]1N(O)[C@@H](C(=O)[O-])N(O)C1(C)C. The molecule has 6 nitrogen and oxygen atoms in total. The molecule has 0 amide bonds. The van der Waals surface area contributed by atoms with Gasteiger partial charge in [0.1, 0.15) is 0 Å². The first-order valence-corrected chi connectivity index (χ1v) is 3.96. The first-order valence-electron chi connectivity index (χ1n) is 3.96. The molecule has 0 radical (unpaired) electrons. The van der Waals surface area contributed by atoms with Crippen molar-refractivity contribution in [3.05, 3.63) is 0 Å². The van der Waals surface area contributed by atoms with E-state index in [1.54, 1.807) is 20.8 Å². The fourth-order valence-electron chi connectivity index (χ4n) is 1.36. The second-order valence-corrected chi connectivity index (χ2v) is 3.75. The van der Waals surface area contributed by atoms with Crippen LogP contribution in [-0.4, -0.2) is 44.3 Å². The van der Waals surface area contributed by atoms with Gasteiger partial charge in [-0.2, -0.15) is 10.1 Å². The van der Waals surface area contributed by atoms with Gasteiger partial charge < -0.3 is 20.3 Å². The summed E-state index contributed by atoms with van der Waals surface area (Å²) < 4.78 is 0. The second kappa shape index (κ2) is 2.91. The molecule has 1 fully saturated rings. The molecule has 0 saturated carbocycles. The van der Waals surface area contributed by atoms with E-state index in [0.29, 0.717) is 10.1 Å². The van der Waals surface area contributed by atoms with Crippen LogP contribution in [0.25, 0.3) is 0 Å². The average Bonchev–Trinajstić information content (AvgIpc) is 2.14. The maximum Gasteiger partial charge on any atom is 0.150 e. The highest BCUT2D eigenvalue weighted by Crippen LogP contribution is 2.31. The van der Waals surface area contributed by atoms with Crippen molar-refractivity contribution in [3.63, 3.8) is 0 Å². The van der Waals surface area contributed by atoms with Crippen LogP contribution < -0.4 is 5.11 Å². The van der Waals surface area contributed by atoms with Crippen LogP contribution in [0.2, 0.25) is 0 Å². The maximum atomic E-state index is 10.5. The van der Waals surface area contributed by atoms with E-state index < -0.39 is 23.7 Å². The molecule has 0 aromatic rings. The van der Waals surface area contributed by atoms with Crippen LogP contribution in [0.15, 0.2) is 0 Å². The van der Waals surface area contributed by atoms with Crippen molar-refractivity contribution in [3.8, 4) is 0 Å². The third-order valence-corrected chi connectivity index (χ3v) is 2.70. The average molecular weight is 189 g/mol. The largest absolute Gasteiger partial charge is 0.547 e. The number of hydroxylamine groups is 4. The minimum atomic E-state index is -1.53. The Morgan fingerprint density at radius 2 is 1.92 bits per heavy atom. The molecule has 13 heavy (non-hydrogen) atoms. The normalized spacial score (nSPS) is 35.2. The molecule has 0 spiro atoms. The van der Waals surface area contributed by atoms with E-state index in [1.165, 1.54) is 0 Å². The molecule has 1 rings (SSSR count). The highest BCUT2D eigenvalue weighted by molar-refractivity contribution is 5.71. The van der Waals surface area contributed by atoms with Crippen LogP contribution >= 0.6 is 0 Å². The maximum absolute atomic E-state index is 10.5. The molecule has 76 valence electrons. The van der Waals surface area contributed by atoms with Crippen LogP contribution in [0.5, 0.6) is 0 Å². The summed E-state index contributed by atoms with van der Waals surface area (Å²) in [5, 5.41) is 30.5. The number of carboxylic acid groups (broad SMARTS) is 1. The van der Waals surface area contributed by atoms with Crippen LogP contribution in [0.1, 0.15) is 20.8 Å². The Bertz CT molecular complexity index is 231. The van der Waals surface area contributed by atoms with Gasteiger partial charge in [-0.1, -0.05) is 0 Å². The summed E-state index contributed by atoms with van der Waals surface area (Å²) in [5.41, 5.74) is -0.820. The van der Waals surface area contributed by atoms with Crippen molar-refractivity contribution in [2.75, 3.05) is 0 Å². The first-order chi connectivity index (χ1) is 5.80. The number of nitrogens with zero attached hydrogens (tertiary/aromatic N) is 2. The lowest BCUT2D eigenvalue weighted by Crippen LogP contribution is -2.52. The number of carbonyl (C=O) groups excluding carboxylic acids is 1. The van der Waals surface area contributed by atoms with E-state index in [9.17, 15) is 20.3 Å². The molecule has 0 unspecified atom stereocenters. The topological polar surface area (TPSA) is 87.1 Å². The molecule has 1 aliphatic heterocycles. The molecule has 1 saturated heterocycles. The molecule has 2 atom stereocenters. The molecular weight excluding hydrogens is 176 g/mol. The Morgan fingerprint density at radius 3 is 2.08 bits per heavy atom. The molecule has 1 heterocycles. The number of carbonyl (C=O) groups is 1. The zero-order valence-corrected chi connectivity index (χ0v) is 7.76. The monoisotopic (exact) mass is 189 g/mol. The molecule has 2 N–H and O–H groups in total. The van der Waals surface area contributed by atoms with E-state index >= 15 is 0 Å². The number of hydrogen-bond donors (Lipinski definition) is 2. The zero-order valence-electron chi connectivity index (χ0n) is 7.76. The third kappa shape index (κ3) is 1.31. The third-order valence-electron chi connectivity index (χ3n) is 2.70. The fraction of sp³-hybridized carbons (Fsp3) is 0.857. The van der Waals surface area contributed by atoms with Crippen molar-refractivity contribution in [2.45, 2.75) is 38.5 Å².